The average Bonchev–Trinajstić information content (AvgIpc) is 2.44. The number of aromatic nitrogens is 2. The van der Waals surface area contributed by atoms with Crippen LogP contribution in [0, 0.1) is 5.92 Å². The number of hydrogen-bond acceptors (Lipinski definition) is 4. The summed E-state index contributed by atoms with van der Waals surface area (Å²) in [5, 5.41) is 12.7. The van der Waals surface area contributed by atoms with Crippen LogP contribution in [0.3, 0.4) is 0 Å². The Balaban J connectivity index is 1.89. The van der Waals surface area contributed by atoms with Crippen molar-refractivity contribution in [3.8, 4) is 0 Å². The first-order valence-corrected chi connectivity index (χ1v) is 6.92. The van der Waals surface area contributed by atoms with Gasteiger partial charge in [0.1, 0.15) is 0 Å². The minimum atomic E-state index is 0.130. The van der Waals surface area contributed by atoms with Crippen molar-refractivity contribution in [2.75, 3.05) is 18.5 Å². The van der Waals surface area contributed by atoms with E-state index in [4.69, 9.17) is 0 Å². The van der Waals surface area contributed by atoms with Gasteiger partial charge < -0.3 is 10.4 Å². The third-order valence-electron chi connectivity index (χ3n) is 2.78. The molecule has 0 spiro atoms. The Kier molecular flexibility index (Phi) is 5.30. The van der Waals surface area contributed by atoms with Crippen molar-refractivity contribution >= 4 is 21.6 Å². The van der Waals surface area contributed by atoms with Crippen LogP contribution in [0.2, 0.25) is 0 Å². The van der Waals surface area contributed by atoms with E-state index in [0.717, 1.165) is 22.3 Å². The van der Waals surface area contributed by atoms with Gasteiger partial charge in [0.15, 0.2) is 0 Å². The first-order valence-electron chi connectivity index (χ1n) is 6.13. The number of anilines is 1. The molecule has 1 unspecified atom stereocenters. The van der Waals surface area contributed by atoms with E-state index < -0.39 is 0 Å². The number of nitrogens with zero attached hydrogens (tertiary/aromatic N) is 2. The Morgan fingerprint density at radius 2 is 2.21 bits per heavy atom. The number of rotatable bonds is 6. The summed E-state index contributed by atoms with van der Waals surface area (Å²) >= 11 is 3.38. The Morgan fingerprint density at radius 1 is 1.32 bits per heavy atom. The number of hydrogen-bond donors (Lipinski definition) is 2. The Hall–Kier alpha value is -1.46. The number of halogens is 1. The highest BCUT2D eigenvalue weighted by molar-refractivity contribution is 9.10. The van der Waals surface area contributed by atoms with Gasteiger partial charge in [0.05, 0.1) is 11.9 Å². The summed E-state index contributed by atoms with van der Waals surface area (Å²) < 4.78 is 0.933. The van der Waals surface area contributed by atoms with Crippen LogP contribution < -0.4 is 5.32 Å². The van der Waals surface area contributed by atoms with Gasteiger partial charge in [0, 0.05) is 41.6 Å². The minimum absolute atomic E-state index is 0.130. The van der Waals surface area contributed by atoms with Gasteiger partial charge in [-0.05, 0) is 40.5 Å². The Labute approximate surface area is 121 Å². The van der Waals surface area contributed by atoms with Crippen molar-refractivity contribution in [2.24, 2.45) is 5.92 Å². The lowest BCUT2D eigenvalue weighted by Gasteiger charge is -2.15. The summed E-state index contributed by atoms with van der Waals surface area (Å²) in [6, 6.07) is 7.79. The van der Waals surface area contributed by atoms with E-state index in [0.29, 0.717) is 6.54 Å². The van der Waals surface area contributed by atoms with Gasteiger partial charge in [0.2, 0.25) is 0 Å². The predicted octanol–water partition coefficient (Wildman–Crippen LogP) is 2.50. The van der Waals surface area contributed by atoms with Crippen LogP contribution in [0.1, 0.15) is 5.69 Å². The van der Waals surface area contributed by atoms with Crippen LogP contribution in [-0.4, -0.2) is 28.2 Å². The quantitative estimate of drug-likeness (QED) is 0.858. The molecule has 0 aliphatic heterocycles. The Bertz CT molecular complexity index is 507. The monoisotopic (exact) mass is 321 g/mol. The van der Waals surface area contributed by atoms with Crippen molar-refractivity contribution in [2.45, 2.75) is 6.42 Å². The third-order valence-corrected chi connectivity index (χ3v) is 3.22. The summed E-state index contributed by atoms with van der Waals surface area (Å²) in [6.07, 6.45) is 6.03. The molecule has 19 heavy (non-hydrogen) atoms. The van der Waals surface area contributed by atoms with E-state index in [1.807, 2.05) is 24.3 Å². The summed E-state index contributed by atoms with van der Waals surface area (Å²) in [5.41, 5.74) is 1.93. The first kappa shape index (κ1) is 14.0. The number of aliphatic hydroxyl groups excluding tert-OH is 1. The summed E-state index contributed by atoms with van der Waals surface area (Å²) in [5.74, 6) is 0.133. The summed E-state index contributed by atoms with van der Waals surface area (Å²) in [6.45, 7) is 0.816. The zero-order chi connectivity index (χ0) is 13.5. The molecule has 1 atom stereocenters. The molecule has 100 valence electrons. The van der Waals surface area contributed by atoms with Crippen LogP contribution in [0.15, 0.2) is 47.3 Å². The van der Waals surface area contributed by atoms with Crippen molar-refractivity contribution in [3.05, 3.63) is 53.0 Å². The molecule has 0 saturated carbocycles. The fourth-order valence-corrected chi connectivity index (χ4v) is 2.15. The molecule has 5 heteroatoms. The normalized spacial score (nSPS) is 12.1. The third kappa shape index (κ3) is 4.61. The predicted molar refractivity (Wildman–Crippen MR) is 78.9 cm³/mol. The van der Waals surface area contributed by atoms with Gasteiger partial charge in [-0.3, -0.25) is 9.97 Å². The van der Waals surface area contributed by atoms with Crippen LogP contribution in [0.5, 0.6) is 0 Å². The molecule has 0 saturated heterocycles. The van der Waals surface area contributed by atoms with E-state index in [-0.39, 0.29) is 12.5 Å². The van der Waals surface area contributed by atoms with Gasteiger partial charge in [-0.2, -0.15) is 0 Å². The maximum Gasteiger partial charge on any atom is 0.0538 e. The largest absolute Gasteiger partial charge is 0.396 e. The van der Waals surface area contributed by atoms with E-state index in [2.05, 4.69) is 31.2 Å². The molecule has 2 heterocycles. The molecule has 0 aliphatic carbocycles. The molecule has 0 radical (unpaired) electrons. The highest BCUT2D eigenvalue weighted by Gasteiger charge is 2.09. The van der Waals surface area contributed by atoms with Gasteiger partial charge in [0.25, 0.3) is 0 Å². The molecule has 2 aromatic heterocycles. The SMILES string of the molecule is OCC(CNc1cncc(Br)c1)Cc1ccccn1. The zero-order valence-electron chi connectivity index (χ0n) is 10.5. The second-order valence-corrected chi connectivity index (χ2v) is 5.26. The number of pyridine rings is 2. The highest BCUT2D eigenvalue weighted by atomic mass is 79.9. The Morgan fingerprint density at radius 3 is 2.89 bits per heavy atom. The molecule has 0 aromatic carbocycles. The van der Waals surface area contributed by atoms with Gasteiger partial charge >= 0.3 is 0 Å². The maximum atomic E-state index is 9.43. The second kappa shape index (κ2) is 7.21. The van der Waals surface area contributed by atoms with Gasteiger partial charge in [-0.15, -0.1) is 0 Å². The van der Waals surface area contributed by atoms with Crippen molar-refractivity contribution in [3.63, 3.8) is 0 Å². The maximum absolute atomic E-state index is 9.43. The molecule has 0 bridgehead atoms. The highest BCUT2D eigenvalue weighted by Crippen LogP contribution is 2.14. The molecular formula is C14H16BrN3O. The van der Waals surface area contributed by atoms with Crippen LogP contribution in [0.25, 0.3) is 0 Å². The summed E-state index contributed by atoms with van der Waals surface area (Å²) in [7, 11) is 0. The molecule has 0 fully saturated rings. The zero-order valence-corrected chi connectivity index (χ0v) is 12.0. The fourth-order valence-electron chi connectivity index (χ4n) is 1.79. The molecule has 2 N–H and O–H groups in total. The van der Waals surface area contributed by atoms with E-state index >= 15 is 0 Å². The van der Waals surface area contributed by atoms with Crippen molar-refractivity contribution in [1.82, 2.24) is 9.97 Å². The van der Waals surface area contributed by atoms with E-state index in [1.54, 1.807) is 18.6 Å². The van der Waals surface area contributed by atoms with E-state index in [9.17, 15) is 5.11 Å². The lowest BCUT2D eigenvalue weighted by Crippen LogP contribution is -2.20. The van der Waals surface area contributed by atoms with Crippen LogP contribution >= 0.6 is 15.9 Å². The second-order valence-electron chi connectivity index (χ2n) is 4.35. The molecule has 2 rings (SSSR count). The van der Waals surface area contributed by atoms with Crippen molar-refractivity contribution < 1.29 is 5.11 Å². The van der Waals surface area contributed by atoms with Gasteiger partial charge in [-0.25, -0.2) is 0 Å². The molecular weight excluding hydrogens is 306 g/mol. The van der Waals surface area contributed by atoms with E-state index in [1.165, 1.54) is 0 Å². The smallest absolute Gasteiger partial charge is 0.0538 e. The van der Waals surface area contributed by atoms with Crippen LogP contribution in [-0.2, 0) is 6.42 Å². The molecule has 4 nitrogen and oxygen atoms in total. The van der Waals surface area contributed by atoms with Crippen molar-refractivity contribution in [1.29, 1.82) is 0 Å². The average molecular weight is 322 g/mol. The topological polar surface area (TPSA) is 58.0 Å². The fraction of sp³-hybridized carbons (Fsp3) is 0.286. The molecule has 0 aliphatic rings. The molecule has 0 amide bonds. The molecule has 2 aromatic rings. The first-order chi connectivity index (χ1) is 9.28. The number of nitrogens with one attached hydrogen (secondary N) is 1. The lowest BCUT2D eigenvalue weighted by atomic mass is 10.0. The van der Waals surface area contributed by atoms with Crippen LogP contribution in [0.4, 0.5) is 5.69 Å². The standard InChI is InChI=1S/C14H16BrN3O/c15-12-6-14(9-16-8-12)18-7-11(10-19)5-13-3-1-2-4-17-13/h1-4,6,8-9,11,18-19H,5,7,10H2. The minimum Gasteiger partial charge on any atom is -0.396 e. The lowest BCUT2D eigenvalue weighted by molar-refractivity contribution is 0.232. The van der Waals surface area contributed by atoms with Gasteiger partial charge in [-0.1, -0.05) is 6.07 Å². The number of aliphatic hydroxyl groups is 1. The summed E-state index contributed by atoms with van der Waals surface area (Å²) in [4.78, 5) is 8.36.